The maximum atomic E-state index is 13.0. The van der Waals surface area contributed by atoms with E-state index in [2.05, 4.69) is 4.98 Å². The molecule has 6 nitrogen and oxygen atoms in total. The molecule has 0 atom stereocenters. The van der Waals surface area contributed by atoms with Gasteiger partial charge in [0.1, 0.15) is 5.75 Å². The van der Waals surface area contributed by atoms with Crippen LogP contribution >= 0.6 is 11.6 Å². The van der Waals surface area contributed by atoms with Crippen LogP contribution < -0.4 is 10.5 Å². The van der Waals surface area contributed by atoms with Gasteiger partial charge in [-0.1, -0.05) is 41.9 Å². The Labute approximate surface area is 184 Å². The lowest BCUT2D eigenvalue weighted by molar-refractivity contribution is 0.463. The summed E-state index contributed by atoms with van der Waals surface area (Å²) < 4.78 is 26.1. The summed E-state index contributed by atoms with van der Waals surface area (Å²) in [5.74, 6) is -0.606. The van der Waals surface area contributed by atoms with Gasteiger partial charge >= 0.3 is 0 Å². The first-order valence-electron chi connectivity index (χ1n) is 9.36. The van der Waals surface area contributed by atoms with Gasteiger partial charge in [0, 0.05) is 30.7 Å². The van der Waals surface area contributed by atoms with Crippen LogP contribution in [0.4, 0.5) is 5.69 Å². The van der Waals surface area contributed by atoms with Gasteiger partial charge in [-0.25, -0.2) is 8.42 Å². The number of fused-ring (bicyclic) bond motifs is 1. The topological polar surface area (TPSA) is 90.5 Å². The summed E-state index contributed by atoms with van der Waals surface area (Å²) in [6.45, 7) is 0. The summed E-state index contributed by atoms with van der Waals surface area (Å²) in [6.07, 6.45) is 0. The van der Waals surface area contributed by atoms with Crippen LogP contribution in [-0.4, -0.2) is 32.6 Å². The number of anilines is 1. The Morgan fingerprint density at radius 3 is 2.23 bits per heavy atom. The summed E-state index contributed by atoms with van der Waals surface area (Å²) in [5, 5.41) is 11.4. The minimum absolute atomic E-state index is 0.0800. The Hall–Kier alpha value is -3.29. The molecule has 8 heteroatoms. The molecule has 2 N–H and O–H groups in total. The van der Waals surface area contributed by atoms with Gasteiger partial charge in [-0.15, -0.1) is 0 Å². The van der Waals surface area contributed by atoms with E-state index in [9.17, 15) is 18.3 Å². The quantitative estimate of drug-likeness (QED) is 0.475. The molecular weight excluding hydrogens is 436 g/mol. The van der Waals surface area contributed by atoms with Crippen LogP contribution in [0.2, 0.25) is 5.02 Å². The number of hydrogen-bond donors (Lipinski definition) is 2. The highest BCUT2D eigenvalue weighted by atomic mass is 35.5. The van der Waals surface area contributed by atoms with Crippen LogP contribution in [0.3, 0.4) is 0 Å². The third-order valence-electron chi connectivity index (χ3n) is 5.05. The molecule has 0 aliphatic carbocycles. The fraction of sp³-hybridized carbons (Fsp3) is 0.0870. The number of benzene rings is 3. The van der Waals surface area contributed by atoms with Gasteiger partial charge in [0.2, 0.25) is 9.84 Å². The SMILES string of the molecule is CN(C)c1ccc(-c2cc3c(O)c(S(=O)(=O)c4ccccc4)c(=O)[nH]c3cc2Cl)cc1. The lowest BCUT2D eigenvalue weighted by atomic mass is 10.0. The molecule has 4 rings (SSSR count). The van der Waals surface area contributed by atoms with Gasteiger partial charge in [-0.05, 0) is 42.0 Å². The molecule has 0 aliphatic heterocycles. The monoisotopic (exact) mass is 454 g/mol. The second-order valence-electron chi connectivity index (χ2n) is 7.27. The van der Waals surface area contributed by atoms with Gasteiger partial charge < -0.3 is 15.0 Å². The zero-order valence-corrected chi connectivity index (χ0v) is 18.3. The number of aromatic hydroxyl groups is 1. The number of aromatic nitrogens is 1. The molecule has 3 aromatic carbocycles. The minimum Gasteiger partial charge on any atom is -0.506 e. The van der Waals surface area contributed by atoms with Crippen LogP contribution in [0.25, 0.3) is 22.0 Å². The van der Waals surface area contributed by atoms with Gasteiger partial charge in [0.25, 0.3) is 5.56 Å². The van der Waals surface area contributed by atoms with Crippen molar-refractivity contribution in [3.05, 3.63) is 82.1 Å². The zero-order valence-electron chi connectivity index (χ0n) is 16.8. The lowest BCUT2D eigenvalue weighted by Gasteiger charge is -2.14. The van der Waals surface area contributed by atoms with Crippen LogP contribution in [-0.2, 0) is 9.84 Å². The summed E-state index contributed by atoms with van der Waals surface area (Å²) in [6, 6.07) is 18.2. The molecule has 0 radical (unpaired) electrons. The van der Waals surface area contributed by atoms with E-state index in [4.69, 9.17) is 11.6 Å². The average molecular weight is 455 g/mol. The summed E-state index contributed by atoms with van der Waals surface area (Å²) in [7, 11) is -0.364. The summed E-state index contributed by atoms with van der Waals surface area (Å²) in [5.41, 5.74) is 1.73. The van der Waals surface area contributed by atoms with Crippen molar-refractivity contribution in [1.29, 1.82) is 0 Å². The van der Waals surface area contributed by atoms with Crippen LogP contribution in [0, 0.1) is 0 Å². The lowest BCUT2D eigenvalue weighted by Crippen LogP contribution is -2.18. The number of H-pyrrole nitrogens is 1. The van der Waals surface area contributed by atoms with Crippen molar-refractivity contribution in [2.75, 3.05) is 19.0 Å². The van der Waals surface area contributed by atoms with Crippen molar-refractivity contribution in [3.63, 3.8) is 0 Å². The van der Waals surface area contributed by atoms with Crippen molar-refractivity contribution < 1.29 is 13.5 Å². The molecule has 0 spiro atoms. The fourth-order valence-electron chi connectivity index (χ4n) is 3.41. The minimum atomic E-state index is -4.23. The Balaban J connectivity index is 1.94. The highest BCUT2D eigenvalue weighted by molar-refractivity contribution is 7.91. The van der Waals surface area contributed by atoms with Crippen LogP contribution in [0.1, 0.15) is 0 Å². The van der Waals surface area contributed by atoms with E-state index in [-0.39, 0.29) is 15.8 Å². The molecule has 0 fully saturated rings. The third-order valence-corrected chi connectivity index (χ3v) is 7.17. The van der Waals surface area contributed by atoms with Gasteiger partial charge in [-0.2, -0.15) is 0 Å². The van der Waals surface area contributed by atoms with E-state index in [0.717, 1.165) is 11.3 Å². The second kappa shape index (κ2) is 7.76. The summed E-state index contributed by atoms with van der Waals surface area (Å²) >= 11 is 6.44. The molecule has 1 aromatic heterocycles. The molecule has 0 bridgehead atoms. The van der Waals surface area contributed by atoms with Gasteiger partial charge in [0.15, 0.2) is 4.90 Å². The summed E-state index contributed by atoms with van der Waals surface area (Å²) in [4.78, 5) is 16.3. The van der Waals surface area contributed by atoms with Crippen molar-refractivity contribution in [1.82, 2.24) is 4.98 Å². The first kappa shape index (κ1) is 21.0. The Kier molecular flexibility index (Phi) is 5.24. The molecule has 0 saturated carbocycles. The number of sulfone groups is 1. The molecule has 1 heterocycles. The maximum Gasteiger partial charge on any atom is 0.271 e. The Morgan fingerprint density at radius 2 is 1.61 bits per heavy atom. The van der Waals surface area contributed by atoms with E-state index < -0.39 is 26.0 Å². The first-order valence-corrected chi connectivity index (χ1v) is 11.2. The average Bonchev–Trinajstić information content (AvgIpc) is 2.74. The number of nitrogens with zero attached hydrogens (tertiary/aromatic N) is 1. The van der Waals surface area contributed by atoms with Crippen LogP contribution in [0.5, 0.6) is 5.75 Å². The number of pyridine rings is 1. The smallest absolute Gasteiger partial charge is 0.271 e. The molecule has 31 heavy (non-hydrogen) atoms. The number of hydrogen-bond acceptors (Lipinski definition) is 5. The highest BCUT2D eigenvalue weighted by Gasteiger charge is 2.27. The zero-order chi connectivity index (χ0) is 22.3. The standard InChI is InChI=1S/C23H19ClN2O4S/c1-26(2)15-10-8-14(9-11-15)17-12-18-20(13-19(17)24)25-23(28)22(21(18)27)31(29,30)16-6-4-3-5-7-16/h3-13H,1-2H3,(H2,25,27,28). The highest BCUT2D eigenvalue weighted by Crippen LogP contribution is 2.37. The van der Waals surface area contributed by atoms with Crippen molar-refractivity contribution in [3.8, 4) is 16.9 Å². The Morgan fingerprint density at radius 1 is 0.968 bits per heavy atom. The van der Waals surface area contributed by atoms with Crippen molar-refractivity contribution in [2.24, 2.45) is 0 Å². The van der Waals surface area contributed by atoms with E-state index in [1.165, 1.54) is 18.2 Å². The molecule has 4 aromatic rings. The first-order chi connectivity index (χ1) is 14.7. The predicted molar refractivity (Wildman–Crippen MR) is 123 cm³/mol. The van der Waals surface area contributed by atoms with Gasteiger partial charge in [-0.3, -0.25) is 4.79 Å². The predicted octanol–water partition coefficient (Wildman–Crippen LogP) is 4.45. The molecule has 0 saturated heterocycles. The number of halogens is 1. The number of aromatic amines is 1. The normalized spacial score (nSPS) is 11.6. The molecule has 0 unspecified atom stereocenters. The number of nitrogens with one attached hydrogen (secondary N) is 1. The van der Waals surface area contributed by atoms with Gasteiger partial charge in [0.05, 0.1) is 15.4 Å². The largest absolute Gasteiger partial charge is 0.506 e. The third kappa shape index (κ3) is 3.66. The van der Waals surface area contributed by atoms with E-state index in [1.54, 1.807) is 24.3 Å². The van der Waals surface area contributed by atoms with Crippen LogP contribution in [0.15, 0.2) is 81.3 Å². The van der Waals surface area contributed by atoms with E-state index in [1.807, 2.05) is 43.3 Å². The molecule has 0 aliphatic rings. The van der Waals surface area contributed by atoms with E-state index in [0.29, 0.717) is 10.6 Å². The van der Waals surface area contributed by atoms with Crippen molar-refractivity contribution >= 4 is 38.0 Å². The second-order valence-corrected chi connectivity index (χ2v) is 9.56. The molecular formula is C23H19ClN2O4S. The Bertz CT molecular complexity index is 1450. The molecule has 0 amide bonds. The maximum absolute atomic E-state index is 13.0. The van der Waals surface area contributed by atoms with E-state index >= 15 is 0 Å². The molecule has 158 valence electrons. The fourth-order valence-corrected chi connectivity index (χ4v) is 5.09. The number of rotatable bonds is 4. The van der Waals surface area contributed by atoms with Crippen molar-refractivity contribution in [2.45, 2.75) is 9.79 Å².